The van der Waals surface area contributed by atoms with Gasteiger partial charge in [0, 0.05) is 6.54 Å². The second-order valence-corrected chi connectivity index (χ2v) is 7.55. The predicted octanol–water partition coefficient (Wildman–Crippen LogP) is 4.34. The van der Waals surface area contributed by atoms with Gasteiger partial charge in [0.2, 0.25) is 11.9 Å². The van der Waals surface area contributed by atoms with Crippen molar-refractivity contribution in [3.8, 4) is 0 Å². The second kappa shape index (κ2) is 8.69. The Morgan fingerprint density at radius 3 is 2.50 bits per heavy atom. The Morgan fingerprint density at radius 1 is 1.03 bits per heavy atom. The van der Waals surface area contributed by atoms with E-state index in [0.29, 0.717) is 12.5 Å². The van der Waals surface area contributed by atoms with Crippen LogP contribution in [0.25, 0.3) is 11.0 Å². The number of nitrogens with zero attached hydrogens (tertiary/aromatic N) is 3. The number of carbonyl (C=O) groups excluding carboxylic acids is 2. The summed E-state index contributed by atoms with van der Waals surface area (Å²) < 4.78 is 7.40. The molecule has 1 amide bonds. The molecule has 6 nitrogen and oxygen atoms in total. The lowest BCUT2D eigenvalue weighted by Crippen LogP contribution is -2.50. The number of ether oxygens (including phenoxy) is 1. The fourth-order valence-electron chi connectivity index (χ4n) is 4.23. The molecule has 2 heterocycles. The highest BCUT2D eigenvalue weighted by atomic mass is 16.5. The number of imidazole rings is 1. The topological polar surface area (TPSA) is 64.4 Å². The summed E-state index contributed by atoms with van der Waals surface area (Å²) in [5.41, 5.74) is 2.61. The number of para-hydroxylation sites is 2. The molecule has 156 valence electrons. The number of amides is 1. The maximum Gasteiger partial charge on any atom is 0.321 e. The van der Waals surface area contributed by atoms with Gasteiger partial charge in [-0.25, -0.2) is 4.98 Å². The number of hydrogen-bond donors (Lipinski definition) is 0. The highest BCUT2D eigenvalue weighted by molar-refractivity contribution is 6.08. The van der Waals surface area contributed by atoms with Crippen LogP contribution in [0.1, 0.15) is 44.7 Å². The van der Waals surface area contributed by atoms with Crippen molar-refractivity contribution in [2.75, 3.05) is 18.1 Å². The third-order valence-electron chi connectivity index (χ3n) is 5.61. The third kappa shape index (κ3) is 3.47. The molecule has 0 aliphatic carbocycles. The molecule has 0 spiro atoms. The van der Waals surface area contributed by atoms with Gasteiger partial charge in [-0.3, -0.25) is 14.5 Å². The van der Waals surface area contributed by atoms with Crippen LogP contribution in [0.4, 0.5) is 5.95 Å². The minimum absolute atomic E-state index is 0.234. The van der Waals surface area contributed by atoms with E-state index < -0.39 is 17.9 Å². The van der Waals surface area contributed by atoms with Gasteiger partial charge in [0.15, 0.2) is 5.92 Å². The molecule has 4 rings (SSSR count). The molecule has 2 aromatic carbocycles. The second-order valence-electron chi connectivity index (χ2n) is 7.55. The van der Waals surface area contributed by atoms with Crippen LogP contribution in [0, 0.1) is 5.92 Å². The highest BCUT2D eigenvalue weighted by Gasteiger charge is 2.47. The summed E-state index contributed by atoms with van der Waals surface area (Å²) in [6.07, 6.45) is 2.92. The molecular formula is C24H27N3O3. The van der Waals surface area contributed by atoms with Crippen LogP contribution >= 0.6 is 0 Å². The number of carbonyl (C=O) groups is 2. The first-order valence-corrected chi connectivity index (χ1v) is 10.7. The van der Waals surface area contributed by atoms with E-state index >= 15 is 0 Å². The van der Waals surface area contributed by atoms with Gasteiger partial charge < -0.3 is 9.30 Å². The maximum absolute atomic E-state index is 13.6. The van der Waals surface area contributed by atoms with E-state index in [-0.39, 0.29) is 12.5 Å². The van der Waals surface area contributed by atoms with Gasteiger partial charge in [-0.1, -0.05) is 62.2 Å². The largest absolute Gasteiger partial charge is 0.465 e. The van der Waals surface area contributed by atoms with E-state index in [1.165, 1.54) is 0 Å². The van der Waals surface area contributed by atoms with Crippen molar-refractivity contribution in [2.45, 2.75) is 39.2 Å². The smallest absolute Gasteiger partial charge is 0.321 e. The monoisotopic (exact) mass is 405 g/mol. The minimum atomic E-state index is -0.945. The molecule has 1 aromatic heterocycles. The summed E-state index contributed by atoms with van der Waals surface area (Å²) >= 11 is 0. The molecule has 3 aromatic rings. The number of unbranched alkanes of at least 4 members (excludes halogenated alkanes) is 2. The molecular weight excluding hydrogens is 378 g/mol. The van der Waals surface area contributed by atoms with Crippen molar-refractivity contribution in [1.29, 1.82) is 0 Å². The van der Waals surface area contributed by atoms with Crippen LogP contribution in [0.2, 0.25) is 0 Å². The van der Waals surface area contributed by atoms with E-state index in [2.05, 4.69) is 6.92 Å². The van der Waals surface area contributed by atoms with Crippen molar-refractivity contribution in [1.82, 2.24) is 9.55 Å². The van der Waals surface area contributed by atoms with Crippen LogP contribution < -0.4 is 4.90 Å². The molecule has 2 atom stereocenters. The summed E-state index contributed by atoms with van der Waals surface area (Å²) in [7, 11) is 0. The Morgan fingerprint density at radius 2 is 1.77 bits per heavy atom. The first kappa shape index (κ1) is 20.1. The molecule has 1 aliphatic heterocycles. The van der Waals surface area contributed by atoms with Gasteiger partial charge >= 0.3 is 5.97 Å². The van der Waals surface area contributed by atoms with E-state index in [0.717, 1.165) is 35.9 Å². The summed E-state index contributed by atoms with van der Waals surface area (Å²) in [5, 5.41) is 0. The third-order valence-corrected chi connectivity index (χ3v) is 5.61. The molecule has 0 saturated heterocycles. The number of hydrogen-bond acceptors (Lipinski definition) is 4. The van der Waals surface area contributed by atoms with Crippen molar-refractivity contribution in [3.63, 3.8) is 0 Å². The quantitative estimate of drug-likeness (QED) is 0.333. The van der Waals surface area contributed by atoms with Crippen LogP contribution in [0.15, 0.2) is 54.6 Å². The summed E-state index contributed by atoms with van der Waals surface area (Å²) in [6, 6.07) is 17.0. The van der Waals surface area contributed by atoms with Gasteiger partial charge in [0.25, 0.3) is 0 Å². The minimum Gasteiger partial charge on any atom is -0.465 e. The lowest BCUT2D eigenvalue weighted by atomic mass is 9.89. The van der Waals surface area contributed by atoms with Crippen LogP contribution in [-0.4, -0.2) is 34.6 Å². The van der Waals surface area contributed by atoms with Gasteiger partial charge in [-0.15, -0.1) is 0 Å². The lowest BCUT2D eigenvalue weighted by Gasteiger charge is -2.38. The first-order chi connectivity index (χ1) is 14.7. The standard InChI is InChI=1S/C24H27N3O3/c1-3-5-11-16-26-22(28)20(23(29)30-4-2)21(17-12-7-6-8-13-17)27-19-15-10-9-14-18(19)25-24(26)27/h6-10,12-15,20-21H,3-5,11,16H2,1-2H3. The lowest BCUT2D eigenvalue weighted by molar-refractivity contribution is -0.153. The molecule has 1 aliphatic rings. The van der Waals surface area contributed by atoms with E-state index in [4.69, 9.17) is 9.72 Å². The molecule has 0 N–H and O–H groups in total. The Hall–Kier alpha value is -3.15. The van der Waals surface area contributed by atoms with Gasteiger partial charge in [-0.05, 0) is 31.0 Å². The summed E-state index contributed by atoms with van der Waals surface area (Å²) in [6.45, 7) is 4.66. The molecule has 0 radical (unpaired) electrons. The zero-order valence-electron chi connectivity index (χ0n) is 17.5. The first-order valence-electron chi connectivity index (χ1n) is 10.7. The Kier molecular flexibility index (Phi) is 5.84. The molecule has 30 heavy (non-hydrogen) atoms. The van der Waals surface area contributed by atoms with Crippen LogP contribution in [0.3, 0.4) is 0 Å². The average molecular weight is 405 g/mol. The van der Waals surface area contributed by atoms with Gasteiger partial charge in [0.1, 0.15) is 0 Å². The molecule has 2 unspecified atom stereocenters. The maximum atomic E-state index is 13.6. The van der Waals surface area contributed by atoms with E-state index in [9.17, 15) is 9.59 Å². The van der Waals surface area contributed by atoms with Crippen LogP contribution in [0.5, 0.6) is 0 Å². The van der Waals surface area contributed by atoms with Crippen molar-refractivity contribution in [2.24, 2.45) is 5.92 Å². The average Bonchev–Trinajstić information content (AvgIpc) is 3.14. The molecule has 0 bridgehead atoms. The molecule has 0 saturated carbocycles. The Bertz CT molecular complexity index is 1040. The highest BCUT2D eigenvalue weighted by Crippen LogP contribution is 2.41. The van der Waals surface area contributed by atoms with E-state index in [1.54, 1.807) is 11.8 Å². The van der Waals surface area contributed by atoms with Crippen molar-refractivity contribution >= 4 is 28.9 Å². The van der Waals surface area contributed by atoms with Crippen LogP contribution in [-0.2, 0) is 14.3 Å². The van der Waals surface area contributed by atoms with E-state index in [1.807, 2.05) is 59.2 Å². The van der Waals surface area contributed by atoms with Crippen molar-refractivity contribution < 1.29 is 14.3 Å². The number of anilines is 1. The normalized spacial score (nSPS) is 18.5. The van der Waals surface area contributed by atoms with Gasteiger partial charge in [-0.2, -0.15) is 0 Å². The Labute approximate surface area is 176 Å². The number of fused-ring (bicyclic) bond motifs is 3. The molecule has 0 fully saturated rings. The number of esters is 1. The SMILES string of the molecule is CCCCCN1C(=O)C(C(=O)OCC)C(c2ccccc2)n2c1nc1ccccc12. The van der Waals surface area contributed by atoms with Gasteiger partial charge in [0.05, 0.1) is 23.7 Å². The fraction of sp³-hybridized carbons (Fsp3) is 0.375. The fourth-order valence-corrected chi connectivity index (χ4v) is 4.23. The summed E-state index contributed by atoms with van der Waals surface area (Å²) in [5.74, 6) is -1.06. The molecule has 6 heteroatoms. The zero-order valence-corrected chi connectivity index (χ0v) is 17.5. The number of rotatable bonds is 7. The van der Waals surface area contributed by atoms with Crippen molar-refractivity contribution in [3.05, 3.63) is 60.2 Å². The number of benzene rings is 2. The Balaban J connectivity index is 1.93. The zero-order chi connectivity index (χ0) is 21.1. The predicted molar refractivity (Wildman–Crippen MR) is 116 cm³/mol. The summed E-state index contributed by atoms with van der Waals surface area (Å²) in [4.78, 5) is 33.1. The number of aromatic nitrogens is 2.